The molecule has 2 rings (SSSR count). The van der Waals surface area contributed by atoms with Crippen LogP contribution in [0.2, 0.25) is 5.02 Å². The molecule has 2 aromatic carbocycles. The Labute approximate surface area is 164 Å². The summed E-state index contributed by atoms with van der Waals surface area (Å²) < 4.78 is 14.9. The summed E-state index contributed by atoms with van der Waals surface area (Å²) in [6.45, 7) is -0.421. The standard InChI is InChI=1S/C18H17ClN2O7/c1-26-13-7-9(6-11(19)16(13)28-8-14(20)22)17(24)21-12-5-3-4-10(15(12)23)18(25)27-2/h3-7,23H,8H2,1-2H3,(H2,20,22)(H,21,24). The van der Waals surface area contributed by atoms with Gasteiger partial charge in [-0.1, -0.05) is 17.7 Å². The largest absolute Gasteiger partial charge is 0.505 e. The number of aromatic hydroxyl groups is 1. The summed E-state index contributed by atoms with van der Waals surface area (Å²) in [7, 11) is 2.50. The highest BCUT2D eigenvalue weighted by molar-refractivity contribution is 6.32. The number of hydrogen-bond acceptors (Lipinski definition) is 7. The van der Waals surface area contributed by atoms with Crippen LogP contribution in [0.3, 0.4) is 0 Å². The monoisotopic (exact) mass is 408 g/mol. The van der Waals surface area contributed by atoms with E-state index in [9.17, 15) is 19.5 Å². The van der Waals surface area contributed by atoms with Crippen molar-refractivity contribution in [2.24, 2.45) is 5.73 Å². The summed E-state index contributed by atoms with van der Waals surface area (Å²) in [4.78, 5) is 35.1. The molecule has 0 saturated carbocycles. The topological polar surface area (TPSA) is 137 Å². The van der Waals surface area contributed by atoms with Crippen molar-refractivity contribution in [1.82, 2.24) is 0 Å². The summed E-state index contributed by atoms with van der Waals surface area (Å²) in [5.74, 6) is -2.39. The first-order valence-corrected chi connectivity index (χ1v) is 8.16. The molecule has 9 nitrogen and oxygen atoms in total. The van der Waals surface area contributed by atoms with Crippen molar-refractivity contribution in [1.29, 1.82) is 0 Å². The maximum Gasteiger partial charge on any atom is 0.341 e. The minimum Gasteiger partial charge on any atom is -0.505 e. The number of nitrogens with one attached hydrogen (secondary N) is 1. The van der Waals surface area contributed by atoms with Crippen LogP contribution in [0.15, 0.2) is 30.3 Å². The first-order valence-electron chi connectivity index (χ1n) is 7.78. The Kier molecular flexibility index (Phi) is 6.67. The molecule has 2 amide bonds. The van der Waals surface area contributed by atoms with Crippen LogP contribution in [0, 0.1) is 0 Å². The third-order valence-electron chi connectivity index (χ3n) is 3.54. The first kappa shape index (κ1) is 20.8. The number of hydrogen-bond donors (Lipinski definition) is 3. The molecule has 0 aliphatic heterocycles. The molecule has 0 unspecified atom stereocenters. The molecular formula is C18H17ClN2O7. The molecule has 4 N–H and O–H groups in total. The zero-order valence-corrected chi connectivity index (χ0v) is 15.7. The number of amides is 2. The summed E-state index contributed by atoms with van der Waals surface area (Å²) in [5, 5.41) is 12.7. The predicted molar refractivity (Wildman–Crippen MR) is 100 cm³/mol. The van der Waals surface area contributed by atoms with E-state index in [0.717, 1.165) is 0 Å². The van der Waals surface area contributed by atoms with Crippen LogP contribution in [-0.4, -0.2) is 43.7 Å². The quantitative estimate of drug-likeness (QED) is 0.470. The number of benzene rings is 2. The highest BCUT2D eigenvalue weighted by atomic mass is 35.5. The fourth-order valence-corrected chi connectivity index (χ4v) is 2.51. The Morgan fingerprint density at radius 3 is 2.54 bits per heavy atom. The predicted octanol–water partition coefficient (Wildman–Crippen LogP) is 1.96. The van der Waals surface area contributed by atoms with Gasteiger partial charge in [-0.25, -0.2) is 4.79 Å². The number of carbonyl (C=O) groups excluding carboxylic acids is 3. The lowest BCUT2D eigenvalue weighted by molar-refractivity contribution is -0.119. The van der Waals surface area contributed by atoms with Gasteiger partial charge < -0.3 is 30.4 Å². The molecule has 2 aromatic rings. The van der Waals surface area contributed by atoms with Crippen LogP contribution < -0.4 is 20.5 Å². The van der Waals surface area contributed by atoms with Crippen LogP contribution in [-0.2, 0) is 9.53 Å². The lowest BCUT2D eigenvalue weighted by atomic mass is 10.1. The second-order valence-corrected chi connectivity index (χ2v) is 5.80. The van der Waals surface area contributed by atoms with Crippen LogP contribution in [0.1, 0.15) is 20.7 Å². The van der Waals surface area contributed by atoms with E-state index in [1.165, 1.54) is 44.6 Å². The number of phenols is 1. The van der Waals surface area contributed by atoms with Crippen molar-refractivity contribution in [2.45, 2.75) is 0 Å². The van der Waals surface area contributed by atoms with E-state index in [-0.39, 0.29) is 33.3 Å². The maximum atomic E-state index is 12.5. The van der Waals surface area contributed by atoms with Crippen molar-refractivity contribution < 1.29 is 33.7 Å². The Balaban J connectivity index is 2.31. The molecule has 0 aromatic heterocycles. The molecule has 0 aliphatic carbocycles. The number of methoxy groups -OCH3 is 2. The van der Waals surface area contributed by atoms with Gasteiger partial charge in [0.25, 0.3) is 11.8 Å². The summed E-state index contributed by atoms with van der Waals surface area (Å²) in [6.07, 6.45) is 0. The molecule has 0 radical (unpaired) electrons. The second kappa shape index (κ2) is 8.96. The molecule has 0 heterocycles. The minimum absolute atomic E-state index is 0.00274. The normalized spacial score (nSPS) is 10.1. The Hall–Kier alpha value is -3.46. The number of ether oxygens (including phenoxy) is 3. The van der Waals surface area contributed by atoms with E-state index in [0.29, 0.717) is 0 Å². The average molecular weight is 409 g/mol. The molecule has 0 atom stereocenters. The highest BCUT2D eigenvalue weighted by Crippen LogP contribution is 2.37. The van der Waals surface area contributed by atoms with E-state index < -0.39 is 30.1 Å². The number of anilines is 1. The van der Waals surface area contributed by atoms with Gasteiger partial charge in [-0.2, -0.15) is 0 Å². The Morgan fingerprint density at radius 2 is 1.93 bits per heavy atom. The summed E-state index contributed by atoms with van der Waals surface area (Å²) in [5.41, 5.74) is 5.01. The van der Waals surface area contributed by atoms with Crippen LogP contribution >= 0.6 is 11.6 Å². The van der Waals surface area contributed by atoms with Crippen molar-refractivity contribution in [3.63, 3.8) is 0 Å². The van der Waals surface area contributed by atoms with Crippen molar-refractivity contribution in [2.75, 3.05) is 26.1 Å². The van der Waals surface area contributed by atoms with Gasteiger partial charge in [0.05, 0.1) is 24.9 Å². The van der Waals surface area contributed by atoms with Gasteiger partial charge in [-0.05, 0) is 24.3 Å². The summed E-state index contributed by atoms with van der Waals surface area (Å²) >= 11 is 6.11. The average Bonchev–Trinajstić information content (AvgIpc) is 2.67. The fraction of sp³-hybridized carbons (Fsp3) is 0.167. The number of primary amides is 1. The molecule has 0 fully saturated rings. The molecule has 0 spiro atoms. The van der Waals surface area contributed by atoms with Crippen molar-refractivity contribution in [3.8, 4) is 17.2 Å². The highest BCUT2D eigenvalue weighted by Gasteiger charge is 2.19. The smallest absolute Gasteiger partial charge is 0.341 e. The van der Waals surface area contributed by atoms with Gasteiger partial charge in [-0.15, -0.1) is 0 Å². The number of para-hydroxylation sites is 1. The molecule has 0 bridgehead atoms. The minimum atomic E-state index is -0.755. The molecule has 0 aliphatic rings. The number of nitrogens with two attached hydrogens (primary N) is 1. The Bertz CT molecular complexity index is 930. The van der Waals surface area contributed by atoms with E-state index in [2.05, 4.69) is 10.1 Å². The number of carbonyl (C=O) groups is 3. The zero-order chi connectivity index (χ0) is 20.8. The fourth-order valence-electron chi connectivity index (χ4n) is 2.25. The molecule has 0 saturated heterocycles. The zero-order valence-electron chi connectivity index (χ0n) is 14.9. The summed E-state index contributed by atoms with van der Waals surface area (Å²) in [6, 6.07) is 6.84. The number of esters is 1. The molecule has 10 heteroatoms. The van der Waals surface area contributed by atoms with Gasteiger partial charge in [0.2, 0.25) is 0 Å². The van der Waals surface area contributed by atoms with E-state index >= 15 is 0 Å². The molecule has 148 valence electrons. The van der Waals surface area contributed by atoms with Gasteiger partial charge >= 0.3 is 5.97 Å². The van der Waals surface area contributed by atoms with Gasteiger partial charge in [0.1, 0.15) is 5.56 Å². The maximum absolute atomic E-state index is 12.5. The van der Waals surface area contributed by atoms with E-state index in [1.807, 2.05) is 0 Å². The van der Waals surface area contributed by atoms with Crippen LogP contribution in [0.5, 0.6) is 17.2 Å². The third kappa shape index (κ3) is 4.63. The number of halogens is 1. The van der Waals surface area contributed by atoms with E-state index in [4.69, 9.17) is 26.8 Å². The molecule has 28 heavy (non-hydrogen) atoms. The number of phenolic OH excluding ortho intramolecular Hbond substituents is 1. The second-order valence-electron chi connectivity index (χ2n) is 5.39. The van der Waals surface area contributed by atoms with Gasteiger partial charge in [-0.3, -0.25) is 9.59 Å². The van der Waals surface area contributed by atoms with Crippen molar-refractivity contribution in [3.05, 3.63) is 46.5 Å². The number of rotatable bonds is 7. The van der Waals surface area contributed by atoms with Gasteiger partial charge in [0, 0.05) is 5.56 Å². The lowest BCUT2D eigenvalue weighted by Gasteiger charge is -2.14. The lowest BCUT2D eigenvalue weighted by Crippen LogP contribution is -2.20. The van der Waals surface area contributed by atoms with Crippen molar-refractivity contribution >= 4 is 35.1 Å². The SMILES string of the molecule is COC(=O)c1cccc(NC(=O)c2cc(Cl)c(OCC(N)=O)c(OC)c2)c1O. The molecular weight excluding hydrogens is 392 g/mol. The van der Waals surface area contributed by atoms with Crippen LogP contribution in [0.4, 0.5) is 5.69 Å². The van der Waals surface area contributed by atoms with Gasteiger partial charge in [0.15, 0.2) is 23.9 Å². The Morgan fingerprint density at radius 1 is 1.21 bits per heavy atom. The van der Waals surface area contributed by atoms with E-state index in [1.54, 1.807) is 0 Å². The first-order chi connectivity index (χ1) is 13.3. The van der Waals surface area contributed by atoms with Crippen LogP contribution in [0.25, 0.3) is 0 Å². The third-order valence-corrected chi connectivity index (χ3v) is 3.82.